The second-order valence-corrected chi connectivity index (χ2v) is 3.53. The number of allylic oxidation sites excluding steroid dienone is 2. The Morgan fingerprint density at radius 1 is 1.47 bits per heavy atom. The minimum absolute atomic E-state index is 0.587. The van der Waals surface area contributed by atoms with Crippen LogP contribution in [0.3, 0.4) is 0 Å². The molecule has 3 heteroatoms. The van der Waals surface area contributed by atoms with Crippen LogP contribution >= 0.6 is 0 Å². The SMILES string of the molecule is C=C[C@](C)(O)CC=CC(=C)C.CC(=O)O. The lowest BCUT2D eigenvalue weighted by Gasteiger charge is -2.14. The standard InChI is InChI=1S/C10H16O.C2H4O2/c1-5-10(4,11)8-6-7-9(2)3;1-2(3)4/h5-7,11H,1-2,8H2,3-4H3;1H3,(H,3,4)/t10-;/m0./s1. The molecule has 0 radical (unpaired) electrons. The molecule has 3 nitrogen and oxygen atoms in total. The van der Waals surface area contributed by atoms with E-state index in [9.17, 15) is 5.11 Å². The lowest BCUT2D eigenvalue weighted by atomic mass is 10.0. The molecule has 0 unspecified atom stereocenters. The molecule has 0 aromatic carbocycles. The summed E-state index contributed by atoms with van der Waals surface area (Å²) < 4.78 is 0. The Kier molecular flexibility index (Phi) is 8.58. The first-order chi connectivity index (χ1) is 6.71. The van der Waals surface area contributed by atoms with E-state index >= 15 is 0 Å². The first-order valence-electron chi connectivity index (χ1n) is 4.59. The fourth-order valence-electron chi connectivity index (χ4n) is 0.582. The van der Waals surface area contributed by atoms with Crippen LogP contribution in [0.5, 0.6) is 0 Å². The molecule has 0 spiro atoms. The van der Waals surface area contributed by atoms with Crippen molar-refractivity contribution < 1.29 is 15.0 Å². The number of carbonyl (C=O) groups is 1. The Bertz CT molecular complexity index is 246. The highest BCUT2D eigenvalue weighted by atomic mass is 16.4. The summed E-state index contributed by atoms with van der Waals surface area (Å²) in [4.78, 5) is 9.00. The Hall–Kier alpha value is -1.35. The summed E-state index contributed by atoms with van der Waals surface area (Å²) in [6, 6.07) is 0. The molecule has 0 aliphatic carbocycles. The number of hydrogen-bond donors (Lipinski definition) is 2. The predicted octanol–water partition coefficient (Wildman–Crippen LogP) is 2.54. The number of carboxylic acid groups (broad SMARTS) is 1. The molecule has 0 saturated heterocycles. The molecule has 86 valence electrons. The summed E-state index contributed by atoms with van der Waals surface area (Å²) in [5.74, 6) is -0.833. The zero-order chi connectivity index (χ0) is 12.5. The van der Waals surface area contributed by atoms with Crippen molar-refractivity contribution in [3.8, 4) is 0 Å². The average Bonchev–Trinajstić information content (AvgIpc) is 2.02. The molecule has 0 heterocycles. The quantitative estimate of drug-likeness (QED) is 0.556. The van der Waals surface area contributed by atoms with Crippen LogP contribution in [0.25, 0.3) is 0 Å². The van der Waals surface area contributed by atoms with Crippen molar-refractivity contribution in [1.82, 2.24) is 0 Å². The third kappa shape index (κ3) is 19.2. The minimum atomic E-state index is -0.833. The second kappa shape index (κ2) is 8.00. The van der Waals surface area contributed by atoms with Crippen molar-refractivity contribution in [1.29, 1.82) is 0 Å². The molecule has 1 atom stereocenters. The van der Waals surface area contributed by atoms with Gasteiger partial charge in [-0.05, 0) is 20.3 Å². The molecule has 0 bridgehead atoms. The van der Waals surface area contributed by atoms with Gasteiger partial charge in [-0.25, -0.2) is 0 Å². The number of carboxylic acids is 1. The summed E-state index contributed by atoms with van der Waals surface area (Å²) in [7, 11) is 0. The monoisotopic (exact) mass is 212 g/mol. The maximum absolute atomic E-state index is 9.44. The molecular weight excluding hydrogens is 192 g/mol. The van der Waals surface area contributed by atoms with Crippen LogP contribution in [0.4, 0.5) is 0 Å². The third-order valence-corrected chi connectivity index (χ3v) is 1.37. The molecule has 0 amide bonds. The van der Waals surface area contributed by atoms with Gasteiger partial charge in [-0.2, -0.15) is 0 Å². The molecule has 15 heavy (non-hydrogen) atoms. The fraction of sp³-hybridized carbons (Fsp3) is 0.417. The van der Waals surface area contributed by atoms with E-state index in [-0.39, 0.29) is 0 Å². The van der Waals surface area contributed by atoms with Crippen molar-refractivity contribution in [2.45, 2.75) is 32.8 Å². The van der Waals surface area contributed by atoms with Crippen molar-refractivity contribution in [3.05, 3.63) is 37.0 Å². The zero-order valence-corrected chi connectivity index (χ0v) is 9.66. The van der Waals surface area contributed by atoms with Crippen LogP contribution in [-0.4, -0.2) is 21.8 Å². The predicted molar refractivity (Wildman–Crippen MR) is 62.7 cm³/mol. The summed E-state index contributed by atoms with van der Waals surface area (Å²) in [5, 5.41) is 16.9. The Morgan fingerprint density at radius 2 is 1.87 bits per heavy atom. The Balaban J connectivity index is 0. The third-order valence-electron chi connectivity index (χ3n) is 1.37. The van der Waals surface area contributed by atoms with Crippen LogP contribution < -0.4 is 0 Å². The lowest BCUT2D eigenvalue weighted by Crippen LogP contribution is -2.18. The van der Waals surface area contributed by atoms with E-state index in [0.717, 1.165) is 12.5 Å². The highest BCUT2D eigenvalue weighted by Gasteiger charge is 2.11. The van der Waals surface area contributed by atoms with Gasteiger partial charge in [0.1, 0.15) is 0 Å². The molecule has 0 aliphatic heterocycles. The molecular formula is C12H20O3. The smallest absolute Gasteiger partial charge is 0.300 e. The highest BCUT2D eigenvalue weighted by Crippen LogP contribution is 2.10. The van der Waals surface area contributed by atoms with Gasteiger partial charge in [0.15, 0.2) is 0 Å². The van der Waals surface area contributed by atoms with Crippen molar-refractivity contribution in [2.24, 2.45) is 0 Å². The van der Waals surface area contributed by atoms with E-state index in [0.29, 0.717) is 6.42 Å². The summed E-state index contributed by atoms with van der Waals surface area (Å²) in [6.07, 6.45) is 5.90. The van der Waals surface area contributed by atoms with Gasteiger partial charge in [-0.1, -0.05) is 30.4 Å². The van der Waals surface area contributed by atoms with Crippen LogP contribution in [-0.2, 0) is 4.79 Å². The Labute approximate surface area is 91.4 Å². The number of aliphatic hydroxyl groups is 1. The first kappa shape index (κ1) is 16.1. The van der Waals surface area contributed by atoms with Gasteiger partial charge in [0.25, 0.3) is 5.97 Å². The molecule has 0 rings (SSSR count). The first-order valence-corrected chi connectivity index (χ1v) is 4.59. The van der Waals surface area contributed by atoms with Crippen LogP contribution in [0.15, 0.2) is 37.0 Å². The van der Waals surface area contributed by atoms with Gasteiger partial charge in [0, 0.05) is 6.92 Å². The maximum atomic E-state index is 9.44. The van der Waals surface area contributed by atoms with E-state index in [4.69, 9.17) is 9.90 Å². The molecule has 0 aromatic heterocycles. The van der Waals surface area contributed by atoms with Gasteiger partial charge in [0.2, 0.25) is 0 Å². The van der Waals surface area contributed by atoms with Gasteiger partial charge in [-0.3, -0.25) is 4.79 Å². The topological polar surface area (TPSA) is 57.5 Å². The second-order valence-electron chi connectivity index (χ2n) is 3.53. The van der Waals surface area contributed by atoms with Gasteiger partial charge < -0.3 is 10.2 Å². The van der Waals surface area contributed by atoms with Gasteiger partial charge in [0.05, 0.1) is 5.60 Å². The van der Waals surface area contributed by atoms with Crippen molar-refractivity contribution in [2.75, 3.05) is 0 Å². The number of aliphatic carboxylic acids is 1. The summed E-state index contributed by atoms with van der Waals surface area (Å²) in [6.45, 7) is 12.0. The van der Waals surface area contributed by atoms with Crippen LogP contribution in [0.2, 0.25) is 0 Å². The largest absolute Gasteiger partial charge is 0.481 e. The van der Waals surface area contributed by atoms with Crippen LogP contribution in [0, 0.1) is 0 Å². The van der Waals surface area contributed by atoms with Crippen LogP contribution in [0.1, 0.15) is 27.2 Å². The molecule has 0 fully saturated rings. The molecule has 0 saturated carbocycles. The Morgan fingerprint density at radius 3 is 2.13 bits per heavy atom. The fourth-order valence-corrected chi connectivity index (χ4v) is 0.582. The van der Waals surface area contributed by atoms with E-state index in [1.807, 2.05) is 19.1 Å². The normalized spacial score (nSPS) is 13.6. The van der Waals surface area contributed by atoms with Gasteiger partial charge >= 0.3 is 0 Å². The van der Waals surface area contributed by atoms with Gasteiger partial charge in [-0.15, -0.1) is 6.58 Å². The maximum Gasteiger partial charge on any atom is 0.300 e. The average molecular weight is 212 g/mol. The zero-order valence-electron chi connectivity index (χ0n) is 9.66. The highest BCUT2D eigenvalue weighted by molar-refractivity contribution is 5.62. The molecule has 0 aliphatic rings. The van der Waals surface area contributed by atoms with E-state index in [1.165, 1.54) is 6.08 Å². The van der Waals surface area contributed by atoms with E-state index in [2.05, 4.69) is 13.2 Å². The molecule has 0 aromatic rings. The number of rotatable bonds is 4. The van der Waals surface area contributed by atoms with E-state index in [1.54, 1.807) is 6.92 Å². The number of hydrogen-bond acceptors (Lipinski definition) is 2. The lowest BCUT2D eigenvalue weighted by molar-refractivity contribution is -0.134. The minimum Gasteiger partial charge on any atom is -0.481 e. The van der Waals surface area contributed by atoms with Crippen molar-refractivity contribution in [3.63, 3.8) is 0 Å². The molecule has 2 N–H and O–H groups in total. The summed E-state index contributed by atoms with van der Waals surface area (Å²) >= 11 is 0. The van der Waals surface area contributed by atoms with Crippen molar-refractivity contribution >= 4 is 5.97 Å². The van der Waals surface area contributed by atoms with E-state index < -0.39 is 11.6 Å². The summed E-state index contributed by atoms with van der Waals surface area (Å²) in [5.41, 5.74) is 0.205.